The lowest BCUT2D eigenvalue weighted by molar-refractivity contribution is -0.219. The summed E-state index contributed by atoms with van der Waals surface area (Å²) in [5, 5.41) is 8.23. The zero-order valence-electron chi connectivity index (χ0n) is 9.90. The SMILES string of the molecule is CC(C)[C@H](N)C(=O)O.O=C1OCCN1C(F)(F)F. The van der Waals surface area contributed by atoms with Crippen molar-refractivity contribution in [2.45, 2.75) is 26.2 Å². The van der Waals surface area contributed by atoms with Crippen LogP contribution < -0.4 is 5.73 Å². The second-order valence-corrected chi connectivity index (χ2v) is 3.84. The molecule has 1 heterocycles. The highest BCUT2D eigenvalue weighted by molar-refractivity contribution is 5.73. The first-order chi connectivity index (χ1) is 8.07. The predicted molar refractivity (Wildman–Crippen MR) is 54.6 cm³/mol. The van der Waals surface area contributed by atoms with Crippen molar-refractivity contribution in [3.05, 3.63) is 0 Å². The minimum atomic E-state index is -4.59. The van der Waals surface area contributed by atoms with Crippen molar-refractivity contribution in [3.8, 4) is 0 Å². The number of nitrogens with two attached hydrogens (primary N) is 1. The molecule has 0 spiro atoms. The second-order valence-electron chi connectivity index (χ2n) is 3.84. The van der Waals surface area contributed by atoms with Crippen LogP contribution in [0.4, 0.5) is 18.0 Å². The molecule has 0 aliphatic carbocycles. The standard InChI is InChI=1S/C5H11NO2.C4H4F3NO2/c1-3(2)4(6)5(7)8;5-4(6,7)8-1-2-10-3(8)9/h3-4H,6H2,1-2H3,(H,7,8);1-2H2/t4-;/m0./s1. The number of carbonyl (C=O) groups is 2. The normalized spacial score (nSPS) is 17.1. The highest BCUT2D eigenvalue weighted by Gasteiger charge is 2.44. The Morgan fingerprint density at radius 2 is 2.00 bits per heavy atom. The fraction of sp³-hybridized carbons (Fsp3) is 0.778. The molecule has 1 aliphatic heterocycles. The third kappa shape index (κ3) is 5.21. The number of amides is 1. The molecule has 0 aromatic heterocycles. The maximum Gasteiger partial charge on any atom is 0.489 e. The number of carboxylic acids is 1. The van der Waals surface area contributed by atoms with Gasteiger partial charge in [0.1, 0.15) is 12.6 Å². The molecule has 0 unspecified atom stereocenters. The molecular weight excluding hydrogens is 257 g/mol. The third-order valence-corrected chi connectivity index (χ3v) is 2.07. The zero-order chi connectivity index (χ0) is 14.5. The van der Waals surface area contributed by atoms with Gasteiger partial charge in [-0.3, -0.25) is 4.79 Å². The molecule has 0 saturated carbocycles. The Hall–Kier alpha value is -1.51. The molecule has 1 atom stereocenters. The van der Waals surface area contributed by atoms with E-state index in [1.54, 1.807) is 13.8 Å². The zero-order valence-corrected chi connectivity index (χ0v) is 9.90. The number of nitrogens with zero attached hydrogens (tertiary/aromatic N) is 1. The minimum absolute atomic E-state index is 0.0208. The Morgan fingerprint density at radius 1 is 1.50 bits per heavy atom. The summed E-state index contributed by atoms with van der Waals surface area (Å²) in [7, 11) is 0. The number of cyclic esters (lactones) is 1. The number of ether oxygens (including phenoxy) is 1. The second kappa shape index (κ2) is 6.43. The van der Waals surface area contributed by atoms with Crippen molar-refractivity contribution < 1.29 is 32.6 Å². The Morgan fingerprint density at radius 3 is 2.11 bits per heavy atom. The van der Waals surface area contributed by atoms with E-state index < -0.39 is 30.9 Å². The molecule has 0 aromatic carbocycles. The molecule has 0 radical (unpaired) electrons. The van der Waals surface area contributed by atoms with Crippen LogP contribution in [0.2, 0.25) is 0 Å². The summed E-state index contributed by atoms with van der Waals surface area (Å²) in [5.41, 5.74) is 5.16. The topological polar surface area (TPSA) is 92.9 Å². The largest absolute Gasteiger partial charge is 0.489 e. The first-order valence-electron chi connectivity index (χ1n) is 5.07. The van der Waals surface area contributed by atoms with Crippen LogP contribution in [0.25, 0.3) is 0 Å². The minimum Gasteiger partial charge on any atom is -0.480 e. The molecule has 0 bridgehead atoms. The van der Waals surface area contributed by atoms with Crippen LogP contribution in [0.15, 0.2) is 0 Å². The van der Waals surface area contributed by atoms with Crippen LogP contribution in [0, 0.1) is 5.92 Å². The van der Waals surface area contributed by atoms with Gasteiger partial charge in [-0.15, -0.1) is 13.2 Å². The van der Waals surface area contributed by atoms with Gasteiger partial charge in [0.2, 0.25) is 0 Å². The van der Waals surface area contributed by atoms with Gasteiger partial charge in [-0.25, -0.2) is 9.69 Å². The molecule has 0 aromatic rings. The van der Waals surface area contributed by atoms with Gasteiger partial charge in [0, 0.05) is 0 Å². The molecule has 6 nitrogen and oxygen atoms in total. The monoisotopic (exact) mass is 272 g/mol. The molecule has 1 aliphatic rings. The Kier molecular flexibility index (Phi) is 5.89. The Labute approximate surface area is 101 Å². The first-order valence-corrected chi connectivity index (χ1v) is 5.07. The van der Waals surface area contributed by atoms with E-state index in [9.17, 15) is 22.8 Å². The lowest BCUT2D eigenvalue weighted by Crippen LogP contribution is -2.38. The summed E-state index contributed by atoms with van der Waals surface area (Å²) in [5.74, 6) is -0.910. The number of carbonyl (C=O) groups excluding carboxylic acids is 1. The fourth-order valence-corrected chi connectivity index (χ4v) is 0.909. The van der Waals surface area contributed by atoms with Gasteiger partial charge >= 0.3 is 18.4 Å². The van der Waals surface area contributed by atoms with E-state index in [2.05, 4.69) is 4.74 Å². The van der Waals surface area contributed by atoms with Crippen molar-refractivity contribution in [1.82, 2.24) is 4.90 Å². The molecule has 3 N–H and O–H groups in total. The maximum absolute atomic E-state index is 11.6. The lowest BCUT2D eigenvalue weighted by Gasteiger charge is -2.14. The smallest absolute Gasteiger partial charge is 0.480 e. The van der Waals surface area contributed by atoms with Gasteiger partial charge in [-0.1, -0.05) is 13.8 Å². The average molecular weight is 272 g/mol. The van der Waals surface area contributed by atoms with E-state index in [4.69, 9.17) is 10.8 Å². The number of carboxylic acid groups (broad SMARTS) is 1. The van der Waals surface area contributed by atoms with Crippen LogP contribution in [-0.4, -0.2) is 47.6 Å². The highest BCUT2D eigenvalue weighted by Crippen LogP contribution is 2.24. The number of aliphatic carboxylic acids is 1. The van der Waals surface area contributed by atoms with Crippen molar-refractivity contribution in [2.24, 2.45) is 11.7 Å². The predicted octanol–water partition coefficient (Wildman–Crippen LogP) is 1.01. The van der Waals surface area contributed by atoms with Crippen LogP contribution in [0.3, 0.4) is 0 Å². The summed E-state index contributed by atoms with van der Waals surface area (Å²) in [6, 6.07) is -0.713. The van der Waals surface area contributed by atoms with Gasteiger partial charge in [0.25, 0.3) is 0 Å². The van der Waals surface area contributed by atoms with Crippen molar-refractivity contribution >= 4 is 12.1 Å². The summed E-state index contributed by atoms with van der Waals surface area (Å²) in [6.45, 7) is 2.97. The van der Waals surface area contributed by atoms with Gasteiger partial charge < -0.3 is 15.6 Å². The Balaban J connectivity index is 0.000000331. The van der Waals surface area contributed by atoms with Crippen LogP contribution in [-0.2, 0) is 9.53 Å². The molecule has 106 valence electrons. The maximum atomic E-state index is 11.6. The average Bonchev–Trinajstić information content (AvgIpc) is 2.63. The molecule has 9 heteroatoms. The van der Waals surface area contributed by atoms with Gasteiger partial charge in [0.15, 0.2) is 0 Å². The van der Waals surface area contributed by atoms with Crippen LogP contribution >= 0.6 is 0 Å². The van der Waals surface area contributed by atoms with Gasteiger partial charge in [-0.05, 0) is 5.92 Å². The summed E-state index contributed by atoms with van der Waals surface area (Å²) >= 11 is 0. The molecular formula is C9H15F3N2O4. The number of hydrogen-bond donors (Lipinski definition) is 2. The molecule has 1 fully saturated rings. The fourth-order valence-electron chi connectivity index (χ4n) is 0.909. The third-order valence-electron chi connectivity index (χ3n) is 2.07. The van der Waals surface area contributed by atoms with E-state index in [1.165, 1.54) is 0 Å². The Bertz CT molecular complexity index is 307. The highest BCUT2D eigenvalue weighted by atomic mass is 19.4. The summed E-state index contributed by atoms with van der Waals surface area (Å²) in [6.07, 6.45) is -5.90. The molecule has 1 amide bonds. The summed E-state index contributed by atoms with van der Waals surface area (Å²) in [4.78, 5) is 19.9. The van der Waals surface area contributed by atoms with E-state index in [0.29, 0.717) is 0 Å². The number of alkyl halides is 3. The van der Waals surface area contributed by atoms with E-state index in [-0.39, 0.29) is 17.4 Å². The van der Waals surface area contributed by atoms with E-state index >= 15 is 0 Å². The quantitative estimate of drug-likeness (QED) is 0.732. The van der Waals surface area contributed by atoms with E-state index in [1.807, 2.05) is 0 Å². The first kappa shape index (κ1) is 16.5. The van der Waals surface area contributed by atoms with Gasteiger partial charge in [-0.2, -0.15) is 0 Å². The number of halogens is 3. The summed E-state index contributed by atoms with van der Waals surface area (Å²) < 4.78 is 39.0. The lowest BCUT2D eigenvalue weighted by atomic mass is 10.1. The number of rotatable bonds is 2. The van der Waals surface area contributed by atoms with E-state index in [0.717, 1.165) is 0 Å². The molecule has 1 saturated heterocycles. The number of hydrogen-bond acceptors (Lipinski definition) is 4. The van der Waals surface area contributed by atoms with Crippen LogP contribution in [0.1, 0.15) is 13.8 Å². The van der Waals surface area contributed by atoms with Gasteiger partial charge in [0.05, 0.1) is 6.54 Å². The van der Waals surface area contributed by atoms with Crippen molar-refractivity contribution in [2.75, 3.05) is 13.2 Å². The molecule has 1 rings (SSSR count). The van der Waals surface area contributed by atoms with Crippen LogP contribution in [0.5, 0.6) is 0 Å². The van der Waals surface area contributed by atoms with Crippen molar-refractivity contribution in [1.29, 1.82) is 0 Å². The van der Waals surface area contributed by atoms with Crippen molar-refractivity contribution in [3.63, 3.8) is 0 Å². The molecule has 18 heavy (non-hydrogen) atoms.